The minimum absolute atomic E-state index is 0.0685. The van der Waals surface area contributed by atoms with Crippen LogP contribution in [-0.4, -0.2) is 24.0 Å². The molecule has 0 aromatic heterocycles. The number of nitrogens with zero attached hydrogens (tertiary/aromatic N) is 1. The first kappa shape index (κ1) is 16.0. The molecule has 3 rings (SSSR count). The quantitative estimate of drug-likeness (QED) is 0.936. The molecule has 23 heavy (non-hydrogen) atoms. The monoisotopic (exact) mass is 320 g/mol. The molecule has 1 aliphatic heterocycles. The van der Waals surface area contributed by atoms with Gasteiger partial charge in [-0.2, -0.15) is 13.2 Å². The first-order valence-electron chi connectivity index (χ1n) is 7.62. The summed E-state index contributed by atoms with van der Waals surface area (Å²) in [6.45, 7) is 2.14. The molecule has 0 radical (unpaired) electrons. The largest absolute Gasteiger partial charge is 0.416 e. The van der Waals surface area contributed by atoms with Gasteiger partial charge in [0.05, 0.1) is 5.56 Å². The van der Waals surface area contributed by atoms with Crippen LogP contribution < -0.4 is 5.73 Å². The zero-order chi connectivity index (χ0) is 16.4. The van der Waals surface area contributed by atoms with Crippen molar-refractivity contribution in [3.05, 3.63) is 71.3 Å². The smallest absolute Gasteiger partial charge is 0.326 e. The molecule has 0 spiro atoms. The van der Waals surface area contributed by atoms with E-state index < -0.39 is 11.7 Å². The zero-order valence-corrected chi connectivity index (χ0v) is 12.6. The topological polar surface area (TPSA) is 29.3 Å². The Hall–Kier alpha value is -1.85. The summed E-state index contributed by atoms with van der Waals surface area (Å²) in [5.74, 6) is -0.0685. The van der Waals surface area contributed by atoms with Crippen LogP contribution in [0.25, 0.3) is 0 Å². The van der Waals surface area contributed by atoms with Crippen molar-refractivity contribution < 1.29 is 13.2 Å². The minimum Gasteiger partial charge on any atom is -0.326 e. The normalized spacial score (nSPS) is 22.4. The van der Waals surface area contributed by atoms with Crippen molar-refractivity contribution in [3.8, 4) is 0 Å². The van der Waals surface area contributed by atoms with E-state index in [1.54, 1.807) is 6.07 Å². The fourth-order valence-electron chi connectivity index (χ4n) is 3.18. The summed E-state index contributed by atoms with van der Waals surface area (Å²) in [5, 5.41) is 0. The predicted molar refractivity (Wildman–Crippen MR) is 83.9 cm³/mol. The predicted octanol–water partition coefficient (Wildman–Crippen LogP) is 3.63. The molecule has 0 bridgehead atoms. The Kier molecular flexibility index (Phi) is 4.41. The van der Waals surface area contributed by atoms with Crippen molar-refractivity contribution in [3.63, 3.8) is 0 Å². The Balaban J connectivity index is 1.74. The second-order valence-electron chi connectivity index (χ2n) is 6.07. The van der Waals surface area contributed by atoms with E-state index in [0.717, 1.165) is 12.6 Å². The number of hydrogen-bond acceptors (Lipinski definition) is 2. The van der Waals surface area contributed by atoms with E-state index in [0.29, 0.717) is 18.7 Å². The van der Waals surface area contributed by atoms with Crippen LogP contribution in [0.15, 0.2) is 54.6 Å². The number of halogens is 3. The SMILES string of the molecule is NC1CN(Cc2ccccc2)CC1c1cccc(C(F)(F)F)c1. The summed E-state index contributed by atoms with van der Waals surface area (Å²) < 4.78 is 38.6. The Morgan fingerprint density at radius 3 is 2.43 bits per heavy atom. The van der Waals surface area contributed by atoms with Crippen LogP contribution in [-0.2, 0) is 12.7 Å². The fourth-order valence-corrected chi connectivity index (χ4v) is 3.18. The molecule has 1 aliphatic rings. The van der Waals surface area contributed by atoms with E-state index in [2.05, 4.69) is 4.90 Å². The van der Waals surface area contributed by atoms with Crippen molar-refractivity contribution in [2.75, 3.05) is 13.1 Å². The van der Waals surface area contributed by atoms with Crippen LogP contribution in [0.2, 0.25) is 0 Å². The lowest BCUT2D eigenvalue weighted by Crippen LogP contribution is -2.28. The van der Waals surface area contributed by atoms with Gasteiger partial charge < -0.3 is 5.73 Å². The summed E-state index contributed by atoms with van der Waals surface area (Å²) in [7, 11) is 0. The van der Waals surface area contributed by atoms with Crippen LogP contribution in [0.4, 0.5) is 13.2 Å². The first-order valence-corrected chi connectivity index (χ1v) is 7.62. The second kappa shape index (κ2) is 6.34. The molecule has 2 aromatic rings. The van der Waals surface area contributed by atoms with E-state index in [1.807, 2.05) is 30.3 Å². The number of alkyl halides is 3. The van der Waals surface area contributed by atoms with E-state index in [9.17, 15) is 13.2 Å². The molecule has 1 heterocycles. The number of benzene rings is 2. The molecule has 2 N–H and O–H groups in total. The van der Waals surface area contributed by atoms with Crippen LogP contribution in [0, 0.1) is 0 Å². The molecular formula is C18H19F3N2. The summed E-state index contributed by atoms with van der Waals surface area (Å²) in [4.78, 5) is 2.20. The van der Waals surface area contributed by atoms with E-state index >= 15 is 0 Å². The maximum Gasteiger partial charge on any atom is 0.416 e. The summed E-state index contributed by atoms with van der Waals surface area (Å²) in [6, 6.07) is 15.4. The molecule has 0 amide bonds. The van der Waals surface area contributed by atoms with Crippen molar-refractivity contribution in [1.82, 2.24) is 4.90 Å². The molecule has 122 valence electrons. The van der Waals surface area contributed by atoms with Crippen molar-refractivity contribution >= 4 is 0 Å². The van der Waals surface area contributed by atoms with Gasteiger partial charge in [0.25, 0.3) is 0 Å². The third-order valence-corrected chi connectivity index (χ3v) is 4.33. The van der Waals surface area contributed by atoms with Crippen LogP contribution in [0.1, 0.15) is 22.6 Å². The average molecular weight is 320 g/mol. The lowest BCUT2D eigenvalue weighted by atomic mass is 9.93. The first-order chi connectivity index (χ1) is 10.9. The highest BCUT2D eigenvalue weighted by molar-refractivity contribution is 5.30. The number of rotatable bonds is 3. The van der Waals surface area contributed by atoms with E-state index in [4.69, 9.17) is 5.73 Å². The van der Waals surface area contributed by atoms with Gasteiger partial charge in [-0.1, -0.05) is 48.5 Å². The summed E-state index contributed by atoms with van der Waals surface area (Å²) in [6.07, 6.45) is -4.32. The lowest BCUT2D eigenvalue weighted by molar-refractivity contribution is -0.137. The number of hydrogen-bond donors (Lipinski definition) is 1. The molecule has 2 atom stereocenters. The van der Waals surface area contributed by atoms with Crippen molar-refractivity contribution in [2.45, 2.75) is 24.7 Å². The zero-order valence-electron chi connectivity index (χ0n) is 12.6. The van der Waals surface area contributed by atoms with Gasteiger partial charge in [-0.15, -0.1) is 0 Å². The maximum absolute atomic E-state index is 12.9. The van der Waals surface area contributed by atoms with Gasteiger partial charge in [0.15, 0.2) is 0 Å². The standard InChI is InChI=1S/C18H19F3N2/c19-18(20,21)15-8-4-7-14(9-15)16-11-23(12-17(16)22)10-13-5-2-1-3-6-13/h1-9,16-17H,10-12,22H2. The van der Waals surface area contributed by atoms with Gasteiger partial charge in [-0.25, -0.2) is 0 Å². The maximum atomic E-state index is 12.9. The molecule has 1 fully saturated rings. The molecule has 2 unspecified atom stereocenters. The van der Waals surface area contributed by atoms with Gasteiger partial charge in [0.2, 0.25) is 0 Å². The van der Waals surface area contributed by atoms with Crippen LogP contribution in [0.5, 0.6) is 0 Å². The molecule has 5 heteroatoms. The second-order valence-corrected chi connectivity index (χ2v) is 6.07. The number of likely N-dealkylation sites (tertiary alicyclic amines) is 1. The van der Waals surface area contributed by atoms with Gasteiger partial charge in [0, 0.05) is 31.6 Å². The Labute approximate surface area is 133 Å². The van der Waals surface area contributed by atoms with Crippen LogP contribution in [0.3, 0.4) is 0 Å². The van der Waals surface area contributed by atoms with Crippen molar-refractivity contribution in [2.24, 2.45) is 5.73 Å². The lowest BCUT2D eigenvalue weighted by Gasteiger charge is -2.17. The molecule has 0 aliphatic carbocycles. The Morgan fingerprint density at radius 2 is 1.74 bits per heavy atom. The van der Waals surface area contributed by atoms with Gasteiger partial charge in [-0.05, 0) is 17.2 Å². The fraction of sp³-hybridized carbons (Fsp3) is 0.333. The molecule has 1 saturated heterocycles. The Morgan fingerprint density at radius 1 is 1.00 bits per heavy atom. The molecular weight excluding hydrogens is 301 g/mol. The molecule has 2 nitrogen and oxygen atoms in total. The third kappa shape index (κ3) is 3.74. The Bertz CT molecular complexity index is 655. The number of nitrogens with two attached hydrogens (primary N) is 1. The van der Waals surface area contributed by atoms with Crippen LogP contribution >= 0.6 is 0 Å². The van der Waals surface area contributed by atoms with E-state index in [-0.39, 0.29) is 12.0 Å². The van der Waals surface area contributed by atoms with Gasteiger partial charge in [-0.3, -0.25) is 4.90 Å². The van der Waals surface area contributed by atoms with Crippen molar-refractivity contribution in [1.29, 1.82) is 0 Å². The van der Waals surface area contributed by atoms with E-state index in [1.165, 1.54) is 17.7 Å². The summed E-state index contributed by atoms with van der Waals surface area (Å²) in [5.41, 5.74) is 7.44. The summed E-state index contributed by atoms with van der Waals surface area (Å²) >= 11 is 0. The highest BCUT2D eigenvalue weighted by Gasteiger charge is 2.34. The average Bonchev–Trinajstić information content (AvgIpc) is 2.88. The highest BCUT2D eigenvalue weighted by atomic mass is 19.4. The van der Waals surface area contributed by atoms with Gasteiger partial charge >= 0.3 is 6.18 Å². The minimum atomic E-state index is -4.32. The van der Waals surface area contributed by atoms with Gasteiger partial charge in [0.1, 0.15) is 0 Å². The highest BCUT2D eigenvalue weighted by Crippen LogP contribution is 2.33. The molecule has 2 aromatic carbocycles. The molecule has 0 saturated carbocycles. The third-order valence-electron chi connectivity index (χ3n) is 4.33.